The van der Waals surface area contributed by atoms with Gasteiger partial charge in [0.15, 0.2) is 0 Å². The number of anilines is 1. The number of carbonyl (C=O) groups excluding carboxylic acids is 1. The van der Waals surface area contributed by atoms with E-state index in [2.05, 4.69) is 5.32 Å². The van der Waals surface area contributed by atoms with E-state index < -0.39 is 16.0 Å². The van der Waals surface area contributed by atoms with E-state index in [4.69, 9.17) is 0 Å². The quantitative estimate of drug-likeness (QED) is 0.800. The molecule has 0 radical (unpaired) electrons. The second-order valence-electron chi connectivity index (χ2n) is 7.65. The van der Waals surface area contributed by atoms with E-state index in [1.807, 2.05) is 20.8 Å². The molecule has 1 N–H and O–H groups in total. The van der Waals surface area contributed by atoms with Crippen LogP contribution >= 0.6 is 0 Å². The molecule has 0 aliphatic heterocycles. The predicted octanol–water partition coefficient (Wildman–Crippen LogP) is 3.17. The Labute approximate surface area is 166 Å². The molecule has 2 aromatic carbocycles. The van der Waals surface area contributed by atoms with Crippen LogP contribution in [0.3, 0.4) is 0 Å². The number of rotatable bonds is 6. The molecule has 8 heteroatoms. The second-order valence-corrected chi connectivity index (χ2v) is 9.72. The maximum absolute atomic E-state index is 14.3. The summed E-state index contributed by atoms with van der Waals surface area (Å²) in [7, 11) is -1.13. The number of hydrogen-bond donors (Lipinski definition) is 1. The van der Waals surface area contributed by atoms with Crippen LogP contribution in [0.4, 0.5) is 10.1 Å². The number of carbonyl (C=O) groups is 1. The van der Waals surface area contributed by atoms with Crippen LogP contribution in [0, 0.1) is 5.82 Å². The van der Waals surface area contributed by atoms with Crippen molar-refractivity contribution in [2.24, 2.45) is 0 Å². The Morgan fingerprint density at radius 2 is 1.61 bits per heavy atom. The molecule has 6 nitrogen and oxygen atoms in total. The number of halogens is 1. The van der Waals surface area contributed by atoms with E-state index in [1.165, 1.54) is 32.3 Å². The maximum Gasteiger partial charge on any atom is 0.303 e. The zero-order chi connectivity index (χ0) is 21.1. The standard InChI is InChI=1S/C20H26FN3O3S/c1-20(2,3)22-19(25)16-12-10-15(11-13-16)14-24(28(26,27)23(4)5)18-9-7-6-8-17(18)21/h6-13H,14H2,1-5H3,(H,22,25). The Hall–Kier alpha value is -2.45. The van der Waals surface area contributed by atoms with Gasteiger partial charge >= 0.3 is 10.2 Å². The van der Waals surface area contributed by atoms with E-state index in [0.29, 0.717) is 11.1 Å². The van der Waals surface area contributed by atoms with E-state index in [1.54, 1.807) is 30.3 Å². The Kier molecular flexibility index (Phi) is 6.46. The maximum atomic E-state index is 14.3. The molecular weight excluding hydrogens is 381 g/mol. The lowest BCUT2D eigenvalue weighted by Gasteiger charge is -2.28. The molecule has 0 fully saturated rings. The number of benzene rings is 2. The van der Waals surface area contributed by atoms with Crippen LogP contribution in [-0.4, -0.2) is 38.3 Å². The van der Waals surface area contributed by atoms with Crippen molar-refractivity contribution in [3.63, 3.8) is 0 Å². The normalized spacial score (nSPS) is 12.1. The van der Waals surface area contributed by atoms with Crippen molar-refractivity contribution in [2.75, 3.05) is 18.4 Å². The SMILES string of the molecule is CN(C)S(=O)(=O)N(Cc1ccc(C(=O)NC(C)(C)C)cc1)c1ccccc1F. The third kappa shape index (κ3) is 5.30. The lowest BCUT2D eigenvalue weighted by atomic mass is 10.1. The third-order valence-electron chi connectivity index (χ3n) is 3.89. The van der Waals surface area contributed by atoms with Crippen molar-refractivity contribution < 1.29 is 17.6 Å². The highest BCUT2D eigenvalue weighted by Gasteiger charge is 2.27. The monoisotopic (exact) mass is 407 g/mol. The summed E-state index contributed by atoms with van der Waals surface area (Å²) in [6.45, 7) is 5.59. The molecule has 0 unspecified atom stereocenters. The lowest BCUT2D eigenvalue weighted by Crippen LogP contribution is -2.40. The van der Waals surface area contributed by atoms with Gasteiger partial charge in [0.25, 0.3) is 5.91 Å². The summed E-state index contributed by atoms with van der Waals surface area (Å²) in [5.74, 6) is -0.847. The van der Waals surface area contributed by atoms with E-state index in [-0.39, 0.29) is 23.7 Å². The number of hydrogen-bond acceptors (Lipinski definition) is 3. The minimum absolute atomic E-state index is 0.0363. The molecule has 2 rings (SSSR count). The van der Waals surface area contributed by atoms with Gasteiger partial charge in [-0.15, -0.1) is 0 Å². The van der Waals surface area contributed by atoms with Crippen molar-refractivity contribution in [1.82, 2.24) is 9.62 Å². The van der Waals surface area contributed by atoms with Gasteiger partial charge in [0.05, 0.1) is 12.2 Å². The highest BCUT2D eigenvalue weighted by molar-refractivity contribution is 7.90. The number of para-hydroxylation sites is 1. The number of nitrogens with zero attached hydrogens (tertiary/aromatic N) is 2. The molecule has 0 aliphatic rings. The Balaban J connectivity index is 2.33. The van der Waals surface area contributed by atoms with Gasteiger partial charge in [-0.2, -0.15) is 12.7 Å². The minimum atomic E-state index is -3.92. The number of amides is 1. The van der Waals surface area contributed by atoms with Crippen molar-refractivity contribution in [3.8, 4) is 0 Å². The highest BCUT2D eigenvalue weighted by atomic mass is 32.2. The summed E-state index contributed by atoms with van der Waals surface area (Å²) in [6, 6.07) is 12.3. The topological polar surface area (TPSA) is 69.7 Å². The van der Waals surface area contributed by atoms with Gasteiger partial charge in [-0.3, -0.25) is 9.10 Å². The summed E-state index contributed by atoms with van der Waals surface area (Å²) in [5.41, 5.74) is 0.690. The van der Waals surface area contributed by atoms with E-state index in [0.717, 1.165) is 8.61 Å². The van der Waals surface area contributed by atoms with Gasteiger partial charge in [-0.05, 0) is 50.6 Å². The zero-order valence-electron chi connectivity index (χ0n) is 16.7. The summed E-state index contributed by atoms with van der Waals surface area (Å²) in [4.78, 5) is 12.2. The first kappa shape index (κ1) is 21.8. The summed E-state index contributed by atoms with van der Waals surface area (Å²) in [5, 5.41) is 2.87. The predicted molar refractivity (Wildman–Crippen MR) is 109 cm³/mol. The first-order chi connectivity index (χ1) is 12.9. The first-order valence-electron chi connectivity index (χ1n) is 8.78. The largest absolute Gasteiger partial charge is 0.347 e. The molecule has 2 aromatic rings. The Morgan fingerprint density at radius 3 is 2.11 bits per heavy atom. The summed E-state index contributed by atoms with van der Waals surface area (Å²) < 4.78 is 41.8. The van der Waals surface area contributed by atoms with Gasteiger partial charge in [0.1, 0.15) is 5.82 Å². The van der Waals surface area contributed by atoms with Gasteiger partial charge < -0.3 is 5.32 Å². The van der Waals surface area contributed by atoms with Crippen molar-refractivity contribution >= 4 is 21.8 Å². The van der Waals surface area contributed by atoms with Crippen LogP contribution in [0.25, 0.3) is 0 Å². The molecule has 0 saturated heterocycles. The van der Waals surface area contributed by atoms with Gasteiger partial charge in [0, 0.05) is 25.2 Å². The van der Waals surface area contributed by atoms with Crippen LogP contribution < -0.4 is 9.62 Å². The molecule has 0 bridgehead atoms. The van der Waals surface area contributed by atoms with Crippen LogP contribution in [0.2, 0.25) is 0 Å². The fraction of sp³-hybridized carbons (Fsp3) is 0.350. The van der Waals surface area contributed by atoms with Crippen molar-refractivity contribution in [1.29, 1.82) is 0 Å². The van der Waals surface area contributed by atoms with Crippen LogP contribution in [0.15, 0.2) is 48.5 Å². The third-order valence-corrected chi connectivity index (χ3v) is 5.70. The summed E-state index contributed by atoms with van der Waals surface area (Å²) in [6.07, 6.45) is 0. The van der Waals surface area contributed by atoms with Gasteiger partial charge in [-0.1, -0.05) is 24.3 Å². The summed E-state index contributed by atoms with van der Waals surface area (Å²) >= 11 is 0. The molecule has 0 spiro atoms. The molecule has 152 valence electrons. The van der Waals surface area contributed by atoms with Crippen molar-refractivity contribution in [3.05, 3.63) is 65.5 Å². The fourth-order valence-corrected chi connectivity index (χ4v) is 3.59. The number of nitrogens with one attached hydrogen (secondary N) is 1. The average Bonchev–Trinajstić information content (AvgIpc) is 2.59. The molecule has 28 heavy (non-hydrogen) atoms. The Morgan fingerprint density at radius 1 is 1.04 bits per heavy atom. The molecule has 0 heterocycles. The lowest BCUT2D eigenvalue weighted by molar-refractivity contribution is 0.0919. The minimum Gasteiger partial charge on any atom is -0.347 e. The molecule has 0 saturated carbocycles. The van der Waals surface area contributed by atoms with E-state index >= 15 is 0 Å². The fourth-order valence-electron chi connectivity index (χ4n) is 2.48. The van der Waals surface area contributed by atoms with Gasteiger partial charge in [0.2, 0.25) is 0 Å². The highest BCUT2D eigenvalue weighted by Crippen LogP contribution is 2.25. The Bertz CT molecular complexity index is 936. The van der Waals surface area contributed by atoms with Crippen LogP contribution in [-0.2, 0) is 16.8 Å². The zero-order valence-corrected chi connectivity index (χ0v) is 17.5. The first-order valence-corrected chi connectivity index (χ1v) is 10.2. The molecule has 0 aromatic heterocycles. The molecule has 0 aliphatic carbocycles. The van der Waals surface area contributed by atoms with Gasteiger partial charge in [-0.25, -0.2) is 4.39 Å². The average molecular weight is 408 g/mol. The van der Waals surface area contributed by atoms with Crippen molar-refractivity contribution in [2.45, 2.75) is 32.9 Å². The molecule has 0 atom stereocenters. The van der Waals surface area contributed by atoms with E-state index in [9.17, 15) is 17.6 Å². The second kappa shape index (κ2) is 8.28. The molecular formula is C20H26FN3O3S. The smallest absolute Gasteiger partial charge is 0.303 e. The van der Waals surface area contributed by atoms with Crippen LogP contribution in [0.1, 0.15) is 36.7 Å². The van der Waals surface area contributed by atoms with Crippen LogP contribution in [0.5, 0.6) is 0 Å². The molecule has 1 amide bonds.